The molecule has 0 spiro atoms. The fourth-order valence-corrected chi connectivity index (χ4v) is 1.75. The van der Waals surface area contributed by atoms with Crippen molar-refractivity contribution in [2.45, 2.75) is 6.54 Å². The van der Waals surface area contributed by atoms with E-state index in [0.717, 1.165) is 0 Å². The van der Waals surface area contributed by atoms with Crippen LogP contribution in [0.15, 0.2) is 41.1 Å². The molecule has 7 heteroatoms. The van der Waals surface area contributed by atoms with Crippen molar-refractivity contribution in [3.8, 4) is 5.88 Å². The average molecular weight is 272 g/mol. The van der Waals surface area contributed by atoms with Gasteiger partial charge in [-0.25, -0.2) is 9.50 Å². The molecular weight excluding hydrogens is 260 g/mol. The minimum atomic E-state index is -0.286. The van der Waals surface area contributed by atoms with Gasteiger partial charge in [-0.15, -0.1) is 5.10 Å². The van der Waals surface area contributed by atoms with Crippen LogP contribution >= 0.6 is 0 Å². The molecule has 0 unspecified atom stereocenters. The summed E-state index contributed by atoms with van der Waals surface area (Å²) in [6.45, 7) is 0.316. The fourth-order valence-electron chi connectivity index (χ4n) is 1.75. The molecular formula is C13H12N4O3. The molecule has 0 saturated carbocycles. The van der Waals surface area contributed by atoms with E-state index in [1.165, 1.54) is 11.6 Å². The topological polar surface area (TPSA) is 81.7 Å². The lowest BCUT2D eigenvalue weighted by molar-refractivity contribution is 0.0943. The summed E-state index contributed by atoms with van der Waals surface area (Å²) in [5.41, 5.74) is 0.867. The summed E-state index contributed by atoms with van der Waals surface area (Å²) in [5.74, 6) is 0.852. The molecule has 0 bridgehead atoms. The summed E-state index contributed by atoms with van der Waals surface area (Å²) in [6, 6.07) is 6.97. The lowest BCUT2D eigenvalue weighted by atomic mass is 10.4. The van der Waals surface area contributed by atoms with Crippen molar-refractivity contribution in [1.29, 1.82) is 0 Å². The molecule has 3 aromatic heterocycles. The van der Waals surface area contributed by atoms with Crippen LogP contribution in [0.1, 0.15) is 16.2 Å². The van der Waals surface area contributed by atoms with Crippen molar-refractivity contribution in [3.63, 3.8) is 0 Å². The molecule has 3 aromatic rings. The Kier molecular flexibility index (Phi) is 3.08. The number of fused-ring (bicyclic) bond motifs is 1. The van der Waals surface area contributed by atoms with Gasteiger partial charge >= 0.3 is 0 Å². The van der Waals surface area contributed by atoms with E-state index in [-0.39, 0.29) is 11.6 Å². The molecule has 1 amide bonds. The number of hydrogen-bond donors (Lipinski definition) is 1. The Morgan fingerprint density at radius 3 is 3.10 bits per heavy atom. The number of carbonyl (C=O) groups is 1. The van der Waals surface area contributed by atoms with E-state index < -0.39 is 0 Å². The SMILES string of the molecule is COc1ccc2nc(C(=O)NCc3ccco3)cn2n1. The lowest BCUT2D eigenvalue weighted by Crippen LogP contribution is -2.22. The second-order valence-corrected chi connectivity index (χ2v) is 4.07. The van der Waals surface area contributed by atoms with Crippen molar-refractivity contribution < 1.29 is 13.9 Å². The molecule has 20 heavy (non-hydrogen) atoms. The van der Waals surface area contributed by atoms with Gasteiger partial charge in [0.05, 0.1) is 26.1 Å². The smallest absolute Gasteiger partial charge is 0.271 e. The number of ether oxygens (including phenoxy) is 1. The molecule has 0 fully saturated rings. The first kappa shape index (κ1) is 12.2. The molecule has 102 valence electrons. The molecule has 0 aliphatic heterocycles. The third-order valence-electron chi connectivity index (χ3n) is 2.74. The van der Waals surface area contributed by atoms with Gasteiger partial charge < -0.3 is 14.5 Å². The number of amides is 1. The molecule has 7 nitrogen and oxygen atoms in total. The van der Waals surface area contributed by atoms with E-state index in [0.29, 0.717) is 23.8 Å². The highest BCUT2D eigenvalue weighted by Gasteiger charge is 2.12. The zero-order valence-electron chi connectivity index (χ0n) is 10.7. The van der Waals surface area contributed by atoms with Gasteiger partial charge in [0.1, 0.15) is 11.5 Å². The standard InChI is InChI=1S/C13H12N4O3/c1-19-12-5-4-11-15-10(8-17(11)16-12)13(18)14-7-9-3-2-6-20-9/h2-6,8H,7H2,1H3,(H,14,18). The number of rotatable bonds is 4. The van der Waals surface area contributed by atoms with Crippen molar-refractivity contribution in [2.24, 2.45) is 0 Å². The van der Waals surface area contributed by atoms with Gasteiger partial charge in [0.15, 0.2) is 5.65 Å². The van der Waals surface area contributed by atoms with E-state index in [2.05, 4.69) is 15.4 Å². The molecule has 0 aliphatic carbocycles. The molecule has 3 rings (SSSR count). The molecule has 0 atom stereocenters. The molecule has 1 N–H and O–H groups in total. The van der Waals surface area contributed by atoms with Crippen molar-refractivity contribution >= 4 is 11.6 Å². The highest BCUT2D eigenvalue weighted by molar-refractivity contribution is 5.92. The second-order valence-electron chi connectivity index (χ2n) is 4.07. The zero-order chi connectivity index (χ0) is 13.9. The number of aromatic nitrogens is 3. The lowest BCUT2D eigenvalue weighted by Gasteiger charge is -1.99. The minimum absolute atomic E-state index is 0.286. The van der Waals surface area contributed by atoms with Crippen LogP contribution < -0.4 is 10.1 Å². The quantitative estimate of drug-likeness (QED) is 0.773. The van der Waals surface area contributed by atoms with Crippen LogP contribution in [-0.2, 0) is 6.54 Å². The Morgan fingerprint density at radius 1 is 1.45 bits per heavy atom. The number of imidazole rings is 1. The zero-order valence-corrected chi connectivity index (χ0v) is 10.7. The van der Waals surface area contributed by atoms with E-state index in [1.54, 1.807) is 36.7 Å². The molecule has 0 aromatic carbocycles. The van der Waals surface area contributed by atoms with E-state index >= 15 is 0 Å². The largest absolute Gasteiger partial charge is 0.480 e. The predicted molar refractivity (Wildman–Crippen MR) is 69.4 cm³/mol. The summed E-state index contributed by atoms with van der Waals surface area (Å²) in [7, 11) is 1.53. The van der Waals surface area contributed by atoms with Crippen LogP contribution in [0, 0.1) is 0 Å². The predicted octanol–water partition coefficient (Wildman–Crippen LogP) is 1.26. The van der Waals surface area contributed by atoms with E-state index in [4.69, 9.17) is 9.15 Å². The summed E-state index contributed by atoms with van der Waals surface area (Å²) in [5, 5.41) is 6.86. The number of nitrogens with one attached hydrogen (secondary N) is 1. The second kappa shape index (κ2) is 5.04. The number of nitrogens with zero attached hydrogens (tertiary/aromatic N) is 3. The van der Waals surface area contributed by atoms with Gasteiger partial charge in [-0.1, -0.05) is 0 Å². The van der Waals surface area contributed by atoms with Crippen LogP contribution in [0.4, 0.5) is 0 Å². The number of furan rings is 1. The van der Waals surface area contributed by atoms with Crippen molar-refractivity contribution in [3.05, 3.63) is 48.2 Å². The number of carbonyl (C=O) groups excluding carboxylic acids is 1. The van der Waals surface area contributed by atoms with Crippen LogP contribution in [0.5, 0.6) is 5.88 Å². The first-order valence-corrected chi connectivity index (χ1v) is 5.97. The first-order chi connectivity index (χ1) is 9.76. The van der Waals surface area contributed by atoms with E-state index in [9.17, 15) is 4.79 Å². The molecule has 3 heterocycles. The number of methoxy groups -OCH3 is 1. The normalized spacial score (nSPS) is 10.7. The Labute approximate surface area is 114 Å². The third-order valence-corrected chi connectivity index (χ3v) is 2.74. The highest BCUT2D eigenvalue weighted by Crippen LogP contribution is 2.09. The van der Waals surface area contributed by atoms with Gasteiger partial charge in [0, 0.05) is 6.07 Å². The van der Waals surface area contributed by atoms with Gasteiger partial charge in [0.2, 0.25) is 5.88 Å². The Bertz CT molecular complexity index is 733. The maximum atomic E-state index is 12.0. The summed E-state index contributed by atoms with van der Waals surface area (Å²) >= 11 is 0. The maximum absolute atomic E-state index is 12.0. The summed E-state index contributed by atoms with van der Waals surface area (Å²) in [4.78, 5) is 16.2. The van der Waals surface area contributed by atoms with Crippen LogP contribution in [0.25, 0.3) is 5.65 Å². The van der Waals surface area contributed by atoms with Gasteiger partial charge in [-0.05, 0) is 18.2 Å². The summed E-state index contributed by atoms with van der Waals surface area (Å²) < 4.78 is 11.7. The van der Waals surface area contributed by atoms with Gasteiger partial charge in [0.25, 0.3) is 5.91 Å². The van der Waals surface area contributed by atoms with Crippen molar-refractivity contribution in [1.82, 2.24) is 19.9 Å². The molecule has 0 aliphatic rings. The minimum Gasteiger partial charge on any atom is -0.480 e. The van der Waals surface area contributed by atoms with Crippen LogP contribution in [0.2, 0.25) is 0 Å². The highest BCUT2D eigenvalue weighted by atomic mass is 16.5. The monoisotopic (exact) mass is 272 g/mol. The van der Waals surface area contributed by atoms with Crippen molar-refractivity contribution in [2.75, 3.05) is 7.11 Å². The first-order valence-electron chi connectivity index (χ1n) is 5.97. The Morgan fingerprint density at radius 2 is 2.35 bits per heavy atom. The van der Waals surface area contributed by atoms with Crippen LogP contribution in [0.3, 0.4) is 0 Å². The number of hydrogen-bond acceptors (Lipinski definition) is 5. The summed E-state index contributed by atoms with van der Waals surface area (Å²) in [6.07, 6.45) is 3.11. The molecule has 0 saturated heterocycles. The van der Waals surface area contributed by atoms with Gasteiger partial charge in [-0.2, -0.15) is 0 Å². The molecule has 0 radical (unpaired) electrons. The fraction of sp³-hybridized carbons (Fsp3) is 0.154. The Balaban J connectivity index is 1.77. The third kappa shape index (κ3) is 2.33. The average Bonchev–Trinajstić information content (AvgIpc) is 3.12. The maximum Gasteiger partial charge on any atom is 0.271 e. The van der Waals surface area contributed by atoms with Crippen LogP contribution in [-0.4, -0.2) is 27.6 Å². The van der Waals surface area contributed by atoms with E-state index in [1.807, 2.05) is 0 Å². The van der Waals surface area contributed by atoms with Gasteiger partial charge in [-0.3, -0.25) is 4.79 Å². The Hall–Kier alpha value is -2.83.